The first kappa shape index (κ1) is 15.6. The topological polar surface area (TPSA) is 90.9 Å². The van der Waals surface area contributed by atoms with Gasteiger partial charge in [-0.25, -0.2) is 8.42 Å². The molecule has 2 aromatic carbocycles. The first-order valence-electron chi connectivity index (χ1n) is 6.28. The average molecular weight is 312 g/mol. The summed E-state index contributed by atoms with van der Waals surface area (Å²) in [5, 5.41) is 18.2. The van der Waals surface area contributed by atoms with Gasteiger partial charge in [-0.3, -0.25) is 0 Å². The molecule has 2 aromatic rings. The van der Waals surface area contributed by atoms with Crippen molar-refractivity contribution in [3.8, 4) is 23.6 Å². The summed E-state index contributed by atoms with van der Waals surface area (Å²) in [6.45, 7) is 1.66. The van der Waals surface area contributed by atoms with Gasteiger partial charge < -0.3 is 4.74 Å². The zero-order valence-corrected chi connectivity index (χ0v) is 12.8. The summed E-state index contributed by atoms with van der Waals surface area (Å²) in [6.07, 6.45) is 1.13. The zero-order valence-electron chi connectivity index (χ0n) is 12.0. The van der Waals surface area contributed by atoms with Gasteiger partial charge in [-0.1, -0.05) is 6.07 Å². The molecule has 0 saturated carbocycles. The second-order valence-corrected chi connectivity index (χ2v) is 6.69. The summed E-state index contributed by atoms with van der Waals surface area (Å²) in [7, 11) is -3.31. The Hall–Kier alpha value is -2.83. The minimum absolute atomic E-state index is 0.166. The van der Waals surface area contributed by atoms with E-state index in [1.807, 2.05) is 12.1 Å². The number of sulfone groups is 1. The van der Waals surface area contributed by atoms with Crippen LogP contribution in [0.1, 0.15) is 16.7 Å². The van der Waals surface area contributed by atoms with Gasteiger partial charge in [0.2, 0.25) is 0 Å². The molecule has 0 aliphatic rings. The fraction of sp³-hybridized carbons (Fsp3) is 0.125. The largest absolute Gasteiger partial charge is 0.455 e. The van der Waals surface area contributed by atoms with Gasteiger partial charge >= 0.3 is 0 Å². The number of para-hydroxylation sites is 1. The average Bonchev–Trinajstić information content (AvgIpc) is 2.46. The molecule has 0 saturated heterocycles. The zero-order chi connectivity index (χ0) is 16.3. The van der Waals surface area contributed by atoms with Gasteiger partial charge in [0.15, 0.2) is 15.6 Å². The molecule has 0 unspecified atom stereocenters. The Balaban J connectivity index is 2.48. The third-order valence-corrected chi connectivity index (χ3v) is 4.28. The number of aryl methyl sites for hydroxylation is 1. The SMILES string of the molecule is Cc1cc(Oc2c(C#N)cccc2C#N)ccc1S(C)(=O)=O. The van der Waals surface area contributed by atoms with E-state index >= 15 is 0 Å². The smallest absolute Gasteiger partial charge is 0.175 e. The first-order valence-corrected chi connectivity index (χ1v) is 8.17. The van der Waals surface area contributed by atoms with Crippen molar-refractivity contribution < 1.29 is 13.2 Å². The molecule has 0 aromatic heterocycles. The number of benzene rings is 2. The van der Waals surface area contributed by atoms with E-state index in [1.54, 1.807) is 31.2 Å². The number of ether oxygens (including phenoxy) is 1. The van der Waals surface area contributed by atoms with Crippen molar-refractivity contribution in [3.63, 3.8) is 0 Å². The molecule has 0 bridgehead atoms. The number of nitriles is 2. The minimum Gasteiger partial charge on any atom is -0.455 e. The van der Waals surface area contributed by atoms with E-state index in [9.17, 15) is 8.42 Å². The second kappa shape index (κ2) is 5.88. The standard InChI is InChI=1S/C16H12N2O3S/c1-11-8-14(6-7-15(11)22(2,19)20)21-16-12(9-17)4-3-5-13(16)10-18/h3-8H,1-2H3. The van der Waals surface area contributed by atoms with Crippen LogP contribution in [0.15, 0.2) is 41.3 Å². The van der Waals surface area contributed by atoms with Crippen LogP contribution in [0.25, 0.3) is 0 Å². The number of hydrogen-bond donors (Lipinski definition) is 0. The molecular weight excluding hydrogens is 300 g/mol. The van der Waals surface area contributed by atoms with E-state index in [-0.39, 0.29) is 21.8 Å². The van der Waals surface area contributed by atoms with Gasteiger partial charge in [0.25, 0.3) is 0 Å². The maximum absolute atomic E-state index is 11.6. The molecule has 0 atom stereocenters. The molecule has 2 rings (SSSR count). The van der Waals surface area contributed by atoms with Gasteiger partial charge in [-0.05, 0) is 42.8 Å². The molecule has 0 aliphatic heterocycles. The first-order chi connectivity index (χ1) is 10.4. The molecule has 0 N–H and O–H groups in total. The lowest BCUT2D eigenvalue weighted by Crippen LogP contribution is -2.00. The maximum Gasteiger partial charge on any atom is 0.175 e. The van der Waals surface area contributed by atoms with Crippen LogP contribution in [0, 0.1) is 29.6 Å². The van der Waals surface area contributed by atoms with Crippen LogP contribution in [-0.2, 0) is 9.84 Å². The third-order valence-electron chi connectivity index (χ3n) is 3.02. The van der Waals surface area contributed by atoms with Crippen LogP contribution in [0.4, 0.5) is 0 Å². The summed E-state index contributed by atoms with van der Waals surface area (Å²) in [4.78, 5) is 0.217. The van der Waals surface area contributed by atoms with E-state index < -0.39 is 9.84 Å². The van der Waals surface area contributed by atoms with Crippen molar-refractivity contribution in [2.45, 2.75) is 11.8 Å². The summed E-state index contributed by atoms with van der Waals surface area (Å²) in [5.41, 5.74) is 1.01. The predicted molar refractivity (Wildman–Crippen MR) is 80.2 cm³/mol. The van der Waals surface area contributed by atoms with E-state index in [0.717, 1.165) is 6.26 Å². The molecule has 0 spiro atoms. The van der Waals surface area contributed by atoms with Crippen molar-refractivity contribution in [2.75, 3.05) is 6.26 Å². The molecule has 0 amide bonds. The van der Waals surface area contributed by atoms with Gasteiger partial charge in [0.1, 0.15) is 17.9 Å². The Bertz CT molecular complexity index is 887. The molecule has 0 fully saturated rings. The summed E-state index contributed by atoms with van der Waals surface area (Å²) >= 11 is 0. The van der Waals surface area contributed by atoms with Crippen LogP contribution >= 0.6 is 0 Å². The Morgan fingerprint density at radius 1 is 1.05 bits per heavy atom. The fourth-order valence-electron chi connectivity index (χ4n) is 2.04. The fourth-order valence-corrected chi connectivity index (χ4v) is 3.00. The lowest BCUT2D eigenvalue weighted by atomic mass is 10.1. The quantitative estimate of drug-likeness (QED) is 0.869. The van der Waals surface area contributed by atoms with Crippen molar-refractivity contribution >= 4 is 9.84 Å². The molecule has 0 radical (unpaired) electrons. The molecular formula is C16H12N2O3S. The number of rotatable bonds is 3. The highest BCUT2D eigenvalue weighted by Crippen LogP contribution is 2.30. The second-order valence-electron chi connectivity index (χ2n) is 4.71. The van der Waals surface area contributed by atoms with E-state index in [0.29, 0.717) is 11.3 Å². The van der Waals surface area contributed by atoms with Crippen LogP contribution in [0.5, 0.6) is 11.5 Å². The van der Waals surface area contributed by atoms with Crippen LogP contribution in [0.2, 0.25) is 0 Å². The maximum atomic E-state index is 11.6. The number of nitrogens with zero attached hydrogens (tertiary/aromatic N) is 2. The lowest BCUT2D eigenvalue weighted by Gasteiger charge is -2.11. The predicted octanol–water partition coefficient (Wildman–Crippen LogP) is 2.93. The highest BCUT2D eigenvalue weighted by atomic mass is 32.2. The molecule has 22 heavy (non-hydrogen) atoms. The van der Waals surface area contributed by atoms with Crippen LogP contribution < -0.4 is 4.74 Å². The van der Waals surface area contributed by atoms with Crippen molar-refractivity contribution in [3.05, 3.63) is 53.1 Å². The highest BCUT2D eigenvalue weighted by Gasteiger charge is 2.14. The summed E-state index contributed by atoms with van der Waals surface area (Å²) in [6, 6.07) is 13.1. The van der Waals surface area contributed by atoms with E-state index in [4.69, 9.17) is 15.3 Å². The third kappa shape index (κ3) is 3.08. The minimum atomic E-state index is -3.31. The Kier molecular flexibility index (Phi) is 4.16. The Morgan fingerprint density at radius 3 is 2.09 bits per heavy atom. The van der Waals surface area contributed by atoms with E-state index in [2.05, 4.69) is 0 Å². The lowest BCUT2D eigenvalue weighted by molar-refractivity contribution is 0.478. The van der Waals surface area contributed by atoms with Crippen LogP contribution in [-0.4, -0.2) is 14.7 Å². The van der Waals surface area contributed by atoms with Gasteiger partial charge in [-0.15, -0.1) is 0 Å². The number of hydrogen-bond acceptors (Lipinski definition) is 5. The molecule has 0 aliphatic carbocycles. The van der Waals surface area contributed by atoms with Crippen molar-refractivity contribution in [2.24, 2.45) is 0 Å². The van der Waals surface area contributed by atoms with Gasteiger partial charge in [0, 0.05) is 6.26 Å². The molecule has 6 heteroatoms. The van der Waals surface area contributed by atoms with Crippen molar-refractivity contribution in [1.82, 2.24) is 0 Å². The molecule has 5 nitrogen and oxygen atoms in total. The molecule has 110 valence electrons. The normalized spacial score (nSPS) is 10.5. The van der Waals surface area contributed by atoms with Gasteiger partial charge in [0.05, 0.1) is 16.0 Å². The van der Waals surface area contributed by atoms with Crippen molar-refractivity contribution in [1.29, 1.82) is 10.5 Å². The Labute approximate surface area is 128 Å². The molecule has 0 heterocycles. The highest BCUT2D eigenvalue weighted by molar-refractivity contribution is 7.90. The summed E-state index contributed by atoms with van der Waals surface area (Å²) in [5.74, 6) is 0.531. The Morgan fingerprint density at radius 2 is 1.64 bits per heavy atom. The van der Waals surface area contributed by atoms with E-state index in [1.165, 1.54) is 12.1 Å². The van der Waals surface area contributed by atoms with Crippen LogP contribution in [0.3, 0.4) is 0 Å². The summed E-state index contributed by atoms with van der Waals surface area (Å²) < 4.78 is 28.8. The monoisotopic (exact) mass is 312 g/mol. The van der Waals surface area contributed by atoms with Gasteiger partial charge in [-0.2, -0.15) is 10.5 Å².